The molecular formula is C22H22N6O2S. The average Bonchev–Trinajstić information content (AvgIpc) is 3.40. The number of benzene rings is 2. The Morgan fingerprint density at radius 1 is 1.13 bits per heavy atom. The number of carbonyl (C=O) groups is 1. The van der Waals surface area contributed by atoms with Crippen LogP contribution in [0.3, 0.4) is 0 Å². The molecule has 8 nitrogen and oxygen atoms in total. The summed E-state index contributed by atoms with van der Waals surface area (Å²) in [5.74, 6) is 1.38. The van der Waals surface area contributed by atoms with Crippen LogP contribution in [0.4, 0.5) is 5.69 Å². The Bertz CT molecular complexity index is 1220. The lowest BCUT2D eigenvalue weighted by Gasteiger charge is -2.08. The van der Waals surface area contributed by atoms with Gasteiger partial charge in [0.05, 0.1) is 5.75 Å². The molecule has 2 aromatic heterocycles. The van der Waals surface area contributed by atoms with Crippen LogP contribution >= 0.6 is 11.8 Å². The van der Waals surface area contributed by atoms with Gasteiger partial charge in [-0.3, -0.25) is 9.36 Å². The van der Waals surface area contributed by atoms with E-state index < -0.39 is 0 Å². The molecular weight excluding hydrogens is 412 g/mol. The second-order valence-electron chi connectivity index (χ2n) is 6.99. The van der Waals surface area contributed by atoms with Crippen LogP contribution < -0.4 is 5.32 Å². The van der Waals surface area contributed by atoms with Gasteiger partial charge in [0.2, 0.25) is 17.6 Å². The monoisotopic (exact) mass is 434 g/mol. The highest BCUT2D eigenvalue weighted by molar-refractivity contribution is 7.99. The summed E-state index contributed by atoms with van der Waals surface area (Å²) in [6.45, 7) is 6.55. The number of anilines is 1. The lowest BCUT2D eigenvalue weighted by atomic mass is 10.1. The smallest absolute Gasteiger partial charge is 0.296 e. The SMILES string of the molecule is CCn1c(SCC(=O)Nc2ccccc2C)nnc1-c1nc(-c2cccc(C)c2)no1. The highest BCUT2D eigenvalue weighted by Gasteiger charge is 2.20. The first-order chi connectivity index (χ1) is 15.0. The molecule has 0 spiro atoms. The van der Waals surface area contributed by atoms with Crippen molar-refractivity contribution >= 4 is 23.4 Å². The molecule has 0 aliphatic carbocycles. The van der Waals surface area contributed by atoms with Crippen molar-refractivity contribution < 1.29 is 9.32 Å². The molecule has 2 heterocycles. The maximum absolute atomic E-state index is 12.4. The number of hydrogen-bond acceptors (Lipinski definition) is 7. The quantitative estimate of drug-likeness (QED) is 0.431. The van der Waals surface area contributed by atoms with E-state index in [9.17, 15) is 4.79 Å². The number of amides is 1. The van der Waals surface area contributed by atoms with Gasteiger partial charge >= 0.3 is 0 Å². The van der Waals surface area contributed by atoms with Crippen molar-refractivity contribution in [2.24, 2.45) is 0 Å². The number of para-hydroxylation sites is 1. The van der Waals surface area contributed by atoms with Crippen molar-refractivity contribution in [3.05, 3.63) is 59.7 Å². The van der Waals surface area contributed by atoms with E-state index >= 15 is 0 Å². The molecule has 1 N–H and O–H groups in total. The van der Waals surface area contributed by atoms with Crippen molar-refractivity contribution in [1.29, 1.82) is 0 Å². The summed E-state index contributed by atoms with van der Waals surface area (Å²) in [4.78, 5) is 16.9. The van der Waals surface area contributed by atoms with Crippen LogP contribution in [0, 0.1) is 13.8 Å². The molecule has 0 atom stereocenters. The van der Waals surface area contributed by atoms with Crippen molar-refractivity contribution in [3.63, 3.8) is 0 Å². The maximum atomic E-state index is 12.4. The zero-order valence-electron chi connectivity index (χ0n) is 17.5. The minimum Gasteiger partial charge on any atom is -0.330 e. The van der Waals surface area contributed by atoms with E-state index in [0.29, 0.717) is 29.2 Å². The minimum atomic E-state index is -0.106. The van der Waals surface area contributed by atoms with Crippen molar-refractivity contribution in [1.82, 2.24) is 24.9 Å². The van der Waals surface area contributed by atoms with Gasteiger partial charge in [-0.1, -0.05) is 58.9 Å². The number of thioether (sulfide) groups is 1. The Morgan fingerprint density at radius 3 is 2.74 bits per heavy atom. The maximum Gasteiger partial charge on any atom is 0.296 e. The Balaban J connectivity index is 1.48. The number of nitrogens with one attached hydrogen (secondary N) is 1. The first kappa shape index (κ1) is 20.8. The van der Waals surface area contributed by atoms with E-state index in [1.807, 2.05) is 73.9 Å². The molecule has 158 valence electrons. The molecule has 2 aromatic carbocycles. The van der Waals surface area contributed by atoms with E-state index in [1.165, 1.54) is 11.8 Å². The summed E-state index contributed by atoms with van der Waals surface area (Å²) in [5.41, 5.74) is 3.81. The van der Waals surface area contributed by atoms with Gasteiger partial charge in [-0.25, -0.2) is 0 Å². The summed E-state index contributed by atoms with van der Waals surface area (Å²) >= 11 is 1.31. The standard InChI is InChI=1S/C22H22N6O2S/c1-4-28-20(21-24-19(27-30-21)16-10-7-8-14(2)12-16)25-26-22(28)31-13-18(29)23-17-11-6-5-9-15(17)3/h5-12H,4,13H2,1-3H3,(H,23,29). The van der Waals surface area contributed by atoms with Gasteiger partial charge < -0.3 is 9.84 Å². The molecule has 0 aliphatic rings. The van der Waals surface area contributed by atoms with Crippen LogP contribution in [0.15, 0.2) is 58.2 Å². The molecule has 9 heteroatoms. The highest BCUT2D eigenvalue weighted by atomic mass is 32.2. The molecule has 0 unspecified atom stereocenters. The fourth-order valence-corrected chi connectivity index (χ4v) is 3.89. The average molecular weight is 435 g/mol. The molecule has 1 amide bonds. The Morgan fingerprint density at radius 2 is 1.97 bits per heavy atom. The van der Waals surface area contributed by atoms with Crippen molar-refractivity contribution in [2.45, 2.75) is 32.5 Å². The van der Waals surface area contributed by atoms with Gasteiger partial charge in [0, 0.05) is 17.8 Å². The van der Waals surface area contributed by atoms with Crippen LogP contribution in [-0.2, 0) is 11.3 Å². The van der Waals surface area contributed by atoms with Crippen molar-refractivity contribution in [3.8, 4) is 23.1 Å². The summed E-state index contributed by atoms with van der Waals surface area (Å²) in [6.07, 6.45) is 0. The topological polar surface area (TPSA) is 98.7 Å². The number of aromatic nitrogens is 5. The van der Waals surface area contributed by atoms with E-state index in [1.54, 1.807) is 0 Å². The Kier molecular flexibility index (Phi) is 6.13. The molecule has 0 radical (unpaired) electrons. The fourth-order valence-electron chi connectivity index (χ4n) is 3.08. The highest BCUT2D eigenvalue weighted by Crippen LogP contribution is 2.25. The molecule has 31 heavy (non-hydrogen) atoms. The zero-order chi connectivity index (χ0) is 21.8. The van der Waals surface area contributed by atoms with E-state index in [2.05, 4.69) is 25.7 Å². The number of carbonyl (C=O) groups excluding carboxylic acids is 1. The van der Waals surface area contributed by atoms with Gasteiger partial charge in [-0.05, 0) is 38.5 Å². The van der Waals surface area contributed by atoms with E-state index in [4.69, 9.17) is 4.52 Å². The second kappa shape index (κ2) is 9.13. The zero-order valence-corrected chi connectivity index (χ0v) is 18.3. The lowest BCUT2D eigenvalue weighted by Crippen LogP contribution is -2.15. The van der Waals surface area contributed by atoms with Crippen LogP contribution in [0.2, 0.25) is 0 Å². The normalized spacial score (nSPS) is 10.9. The van der Waals surface area contributed by atoms with Crippen LogP contribution in [0.25, 0.3) is 23.1 Å². The molecule has 0 aliphatic heterocycles. The number of hydrogen-bond donors (Lipinski definition) is 1. The summed E-state index contributed by atoms with van der Waals surface area (Å²) in [7, 11) is 0. The molecule has 4 rings (SSSR count). The number of nitrogens with zero attached hydrogens (tertiary/aromatic N) is 5. The van der Waals surface area contributed by atoms with Gasteiger partial charge in [-0.2, -0.15) is 4.98 Å². The molecule has 0 saturated heterocycles. The largest absolute Gasteiger partial charge is 0.330 e. The van der Waals surface area contributed by atoms with Gasteiger partial charge in [0.15, 0.2) is 5.16 Å². The molecule has 0 bridgehead atoms. The molecule has 0 saturated carbocycles. The van der Waals surface area contributed by atoms with Gasteiger partial charge in [-0.15, -0.1) is 10.2 Å². The van der Waals surface area contributed by atoms with Crippen molar-refractivity contribution in [2.75, 3.05) is 11.1 Å². The predicted molar refractivity (Wildman–Crippen MR) is 120 cm³/mol. The van der Waals surface area contributed by atoms with Crippen LogP contribution in [0.5, 0.6) is 0 Å². The number of aryl methyl sites for hydroxylation is 2. The molecule has 0 fully saturated rings. The third kappa shape index (κ3) is 4.66. The lowest BCUT2D eigenvalue weighted by molar-refractivity contribution is -0.113. The first-order valence-corrected chi connectivity index (χ1v) is 10.9. The molecule has 4 aromatic rings. The third-order valence-corrected chi connectivity index (χ3v) is 5.64. The summed E-state index contributed by atoms with van der Waals surface area (Å²) in [5, 5.41) is 16.1. The van der Waals surface area contributed by atoms with Gasteiger partial charge in [0.1, 0.15) is 0 Å². The summed E-state index contributed by atoms with van der Waals surface area (Å²) in [6, 6.07) is 15.6. The Labute approximate surface area is 184 Å². The van der Waals surface area contributed by atoms with E-state index in [0.717, 1.165) is 22.4 Å². The summed E-state index contributed by atoms with van der Waals surface area (Å²) < 4.78 is 7.31. The van der Waals surface area contributed by atoms with Crippen LogP contribution in [0.1, 0.15) is 18.1 Å². The third-order valence-electron chi connectivity index (χ3n) is 4.68. The fraction of sp³-hybridized carbons (Fsp3) is 0.227. The number of rotatable bonds is 7. The second-order valence-corrected chi connectivity index (χ2v) is 7.94. The minimum absolute atomic E-state index is 0.106. The Hall–Kier alpha value is -3.46. The van der Waals surface area contributed by atoms with E-state index in [-0.39, 0.29) is 11.7 Å². The first-order valence-electron chi connectivity index (χ1n) is 9.87. The van der Waals surface area contributed by atoms with Crippen LogP contribution in [-0.4, -0.2) is 36.6 Å². The predicted octanol–water partition coefficient (Wildman–Crippen LogP) is 4.36. The van der Waals surface area contributed by atoms with Gasteiger partial charge in [0.25, 0.3) is 5.89 Å².